The van der Waals surface area contributed by atoms with Crippen molar-refractivity contribution in [1.29, 1.82) is 0 Å². The van der Waals surface area contributed by atoms with Crippen LogP contribution in [0.4, 0.5) is 5.69 Å². The molecule has 4 rings (SSSR count). The van der Waals surface area contributed by atoms with Gasteiger partial charge in [0, 0.05) is 18.9 Å². The largest absolute Gasteiger partial charge is 0.465 e. The molecule has 0 radical (unpaired) electrons. The monoisotopic (exact) mass is 449 g/mol. The van der Waals surface area contributed by atoms with Crippen LogP contribution in [0.5, 0.6) is 0 Å². The molecule has 32 heavy (non-hydrogen) atoms. The molecule has 2 aromatic carbocycles. The van der Waals surface area contributed by atoms with E-state index in [1.807, 2.05) is 36.5 Å². The van der Waals surface area contributed by atoms with E-state index in [1.165, 1.54) is 13.3 Å². The molecule has 162 valence electrons. The summed E-state index contributed by atoms with van der Waals surface area (Å²) in [6.07, 6.45) is 5.82. The van der Waals surface area contributed by atoms with Gasteiger partial charge in [-0.25, -0.2) is 9.48 Å². The molecule has 8 nitrogen and oxygen atoms in total. The van der Waals surface area contributed by atoms with Gasteiger partial charge < -0.3 is 10.1 Å². The van der Waals surface area contributed by atoms with Crippen molar-refractivity contribution in [3.63, 3.8) is 0 Å². The molecule has 2 heterocycles. The summed E-state index contributed by atoms with van der Waals surface area (Å²) in [5.74, 6) is -0.564. The molecule has 0 bridgehead atoms. The zero-order chi connectivity index (χ0) is 22.5. The van der Waals surface area contributed by atoms with E-state index < -0.39 is 11.5 Å². The molecule has 2 aromatic heterocycles. The zero-order valence-corrected chi connectivity index (χ0v) is 18.0. The number of benzene rings is 2. The van der Waals surface area contributed by atoms with E-state index >= 15 is 0 Å². The summed E-state index contributed by atoms with van der Waals surface area (Å²) in [7, 11) is 1.28. The lowest BCUT2D eigenvalue weighted by Gasteiger charge is -2.12. The standard InChI is InChI=1S/C23H20ClN5O3/c1-32-23(31)18-5-2-3-6-20(18)29-22(30)21(24)19(15-27-29)25-13-11-16-7-9-17(10-8-16)28-14-4-12-26-28/h2-10,12,14-15,25H,11,13H2,1H3. The van der Waals surface area contributed by atoms with Crippen molar-refractivity contribution in [2.24, 2.45) is 0 Å². The van der Waals surface area contributed by atoms with Gasteiger partial charge in [-0.3, -0.25) is 4.79 Å². The summed E-state index contributed by atoms with van der Waals surface area (Å²) in [5.41, 5.74) is 2.52. The number of carbonyl (C=O) groups is 1. The van der Waals surface area contributed by atoms with E-state index in [4.69, 9.17) is 16.3 Å². The molecule has 0 saturated heterocycles. The number of nitrogens with zero attached hydrogens (tertiary/aromatic N) is 4. The average molecular weight is 450 g/mol. The van der Waals surface area contributed by atoms with Crippen molar-refractivity contribution in [2.45, 2.75) is 6.42 Å². The van der Waals surface area contributed by atoms with Gasteiger partial charge in [-0.15, -0.1) is 0 Å². The highest BCUT2D eigenvalue weighted by Gasteiger charge is 2.17. The average Bonchev–Trinajstić information content (AvgIpc) is 3.37. The van der Waals surface area contributed by atoms with Crippen LogP contribution in [0.15, 0.2) is 78.0 Å². The quantitative estimate of drug-likeness (QED) is 0.434. The second-order valence-corrected chi connectivity index (χ2v) is 7.27. The van der Waals surface area contributed by atoms with Crippen LogP contribution < -0.4 is 10.9 Å². The molecular weight excluding hydrogens is 430 g/mol. The molecule has 0 saturated carbocycles. The minimum atomic E-state index is -0.564. The van der Waals surface area contributed by atoms with Crippen LogP contribution in [0.25, 0.3) is 11.4 Å². The van der Waals surface area contributed by atoms with E-state index in [2.05, 4.69) is 15.5 Å². The molecule has 4 aromatic rings. The molecule has 0 atom stereocenters. The smallest absolute Gasteiger partial charge is 0.340 e. The number of esters is 1. The van der Waals surface area contributed by atoms with E-state index in [9.17, 15) is 9.59 Å². The number of anilines is 1. The van der Waals surface area contributed by atoms with Gasteiger partial charge in [0.05, 0.1) is 35.9 Å². The Morgan fingerprint density at radius 2 is 1.88 bits per heavy atom. The van der Waals surface area contributed by atoms with Crippen molar-refractivity contribution in [1.82, 2.24) is 19.6 Å². The van der Waals surface area contributed by atoms with Gasteiger partial charge in [0.15, 0.2) is 0 Å². The highest BCUT2D eigenvalue weighted by atomic mass is 35.5. The number of hydrogen-bond acceptors (Lipinski definition) is 6. The van der Waals surface area contributed by atoms with Gasteiger partial charge in [0.2, 0.25) is 0 Å². The first-order valence-corrected chi connectivity index (χ1v) is 10.2. The van der Waals surface area contributed by atoms with Crippen LogP contribution in [-0.4, -0.2) is 39.2 Å². The van der Waals surface area contributed by atoms with Crippen LogP contribution in [0.3, 0.4) is 0 Å². The SMILES string of the molecule is COC(=O)c1ccccc1-n1ncc(NCCc2ccc(-n3cccn3)cc2)c(Cl)c1=O. The molecule has 0 spiro atoms. The van der Waals surface area contributed by atoms with E-state index in [0.29, 0.717) is 17.9 Å². The van der Waals surface area contributed by atoms with Crippen molar-refractivity contribution >= 4 is 23.3 Å². The number of methoxy groups -OCH3 is 1. The number of halogens is 1. The second kappa shape index (κ2) is 9.49. The Bertz CT molecular complexity index is 1280. The Morgan fingerprint density at radius 3 is 2.59 bits per heavy atom. The summed E-state index contributed by atoms with van der Waals surface area (Å²) >= 11 is 6.31. The van der Waals surface area contributed by atoms with Gasteiger partial charge in [0.1, 0.15) is 5.02 Å². The van der Waals surface area contributed by atoms with Crippen LogP contribution >= 0.6 is 11.6 Å². The second-order valence-electron chi connectivity index (χ2n) is 6.89. The number of nitrogens with one attached hydrogen (secondary N) is 1. The number of aromatic nitrogens is 4. The first-order chi connectivity index (χ1) is 15.6. The summed E-state index contributed by atoms with van der Waals surface area (Å²) in [6.45, 7) is 0.560. The summed E-state index contributed by atoms with van der Waals surface area (Å²) in [4.78, 5) is 24.8. The van der Waals surface area contributed by atoms with Gasteiger partial charge >= 0.3 is 5.97 Å². The van der Waals surface area contributed by atoms with Crippen LogP contribution in [0.1, 0.15) is 15.9 Å². The van der Waals surface area contributed by atoms with E-state index in [-0.39, 0.29) is 10.6 Å². The third-order valence-electron chi connectivity index (χ3n) is 4.89. The lowest BCUT2D eigenvalue weighted by Crippen LogP contribution is -2.25. The molecule has 0 aliphatic rings. The fraction of sp³-hybridized carbons (Fsp3) is 0.130. The molecular formula is C23H20ClN5O3. The maximum Gasteiger partial charge on any atom is 0.340 e. The first-order valence-electron chi connectivity index (χ1n) is 9.87. The lowest BCUT2D eigenvalue weighted by molar-refractivity contribution is 0.0600. The van der Waals surface area contributed by atoms with Gasteiger partial charge in [-0.2, -0.15) is 14.9 Å². The Hall–Kier alpha value is -3.91. The topological polar surface area (TPSA) is 91.0 Å². The van der Waals surface area contributed by atoms with E-state index in [1.54, 1.807) is 35.1 Å². The van der Waals surface area contributed by atoms with E-state index in [0.717, 1.165) is 22.4 Å². The minimum Gasteiger partial charge on any atom is -0.465 e. The molecule has 0 amide bonds. The normalized spacial score (nSPS) is 10.7. The van der Waals surface area contributed by atoms with Crippen molar-refractivity contribution in [2.75, 3.05) is 19.0 Å². The Labute approximate surface area is 189 Å². The van der Waals surface area contributed by atoms with Crippen LogP contribution in [0.2, 0.25) is 5.02 Å². The first kappa shape index (κ1) is 21.3. The highest BCUT2D eigenvalue weighted by molar-refractivity contribution is 6.33. The maximum absolute atomic E-state index is 12.8. The molecule has 0 aliphatic heterocycles. The molecule has 0 unspecified atom stereocenters. The third-order valence-corrected chi connectivity index (χ3v) is 5.26. The third kappa shape index (κ3) is 4.40. The number of rotatable bonds is 7. The number of hydrogen-bond donors (Lipinski definition) is 1. The minimum absolute atomic E-state index is 0.00583. The van der Waals surface area contributed by atoms with Gasteiger partial charge in [-0.05, 0) is 42.3 Å². The predicted octanol–water partition coefficient (Wildman–Crippen LogP) is 3.51. The van der Waals surface area contributed by atoms with Gasteiger partial charge in [-0.1, -0.05) is 35.9 Å². The van der Waals surface area contributed by atoms with Gasteiger partial charge in [0.25, 0.3) is 5.56 Å². The fourth-order valence-corrected chi connectivity index (χ4v) is 3.44. The number of carbonyl (C=O) groups excluding carboxylic acids is 1. The number of para-hydroxylation sites is 1. The highest BCUT2D eigenvalue weighted by Crippen LogP contribution is 2.19. The molecule has 1 N–H and O–H groups in total. The molecule has 9 heteroatoms. The number of ether oxygens (including phenoxy) is 1. The predicted molar refractivity (Wildman–Crippen MR) is 122 cm³/mol. The summed E-state index contributed by atoms with van der Waals surface area (Å²) < 4.78 is 7.67. The van der Waals surface area contributed by atoms with Crippen LogP contribution in [0, 0.1) is 0 Å². The molecule has 0 fully saturated rings. The summed E-state index contributed by atoms with van der Waals surface area (Å²) in [6, 6.07) is 16.5. The van der Waals surface area contributed by atoms with Crippen molar-refractivity contribution < 1.29 is 9.53 Å². The Kier molecular flexibility index (Phi) is 6.32. The molecule has 0 aliphatic carbocycles. The van der Waals surface area contributed by atoms with Crippen molar-refractivity contribution in [3.05, 3.63) is 99.7 Å². The summed E-state index contributed by atoms with van der Waals surface area (Å²) in [5, 5.41) is 11.6. The Morgan fingerprint density at radius 1 is 1.09 bits per heavy atom. The van der Waals surface area contributed by atoms with Crippen LogP contribution in [-0.2, 0) is 11.2 Å². The zero-order valence-electron chi connectivity index (χ0n) is 17.2. The fourth-order valence-electron chi connectivity index (χ4n) is 3.25. The maximum atomic E-state index is 12.8. The van der Waals surface area contributed by atoms with Crippen molar-refractivity contribution in [3.8, 4) is 11.4 Å². The Balaban J connectivity index is 1.47. The lowest BCUT2D eigenvalue weighted by atomic mass is 10.1.